The summed E-state index contributed by atoms with van der Waals surface area (Å²) in [5.41, 5.74) is 8.19. The van der Waals surface area contributed by atoms with E-state index < -0.39 is 0 Å². The molecule has 4 heteroatoms. The number of nitrogen functional groups attached to an aromatic ring is 1. The molecule has 0 aliphatic carbocycles. The Bertz CT molecular complexity index is 617. The third-order valence-electron chi connectivity index (χ3n) is 3.49. The van der Waals surface area contributed by atoms with E-state index in [9.17, 15) is 4.79 Å². The van der Waals surface area contributed by atoms with Gasteiger partial charge in [0.05, 0.1) is 11.8 Å². The normalized spacial score (nSPS) is 10.9. The van der Waals surface area contributed by atoms with E-state index in [2.05, 4.69) is 0 Å². The third-order valence-corrected chi connectivity index (χ3v) is 3.49. The molecule has 0 saturated carbocycles. The van der Waals surface area contributed by atoms with E-state index in [1.807, 2.05) is 49.9 Å². The minimum absolute atomic E-state index is 0.00183. The highest BCUT2D eigenvalue weighted by Gasteiger charge is 2.22. The molecule has 1 heterocycles. The molecule has 2 N–H and O–H groups in total. The van der Waals surface area contributed by atoms with Crippen molar-refractivity contribution in [1.82, 2.24) is 4.90 Å². The quantitative estimate of drug-likeness (QED) is 0.856. The number of nitrogens with two attached hydrogens (primary N) is 1. The average Bonchev–Trinajstić information content (AvgIpc) is 2.92. The first kappa shape index (κ1) is 15.2. The standard InChI is InChI=1S/C17H22N2O2/c1-4-16-15(8-9-21-16)17(20)19(12(2)3)11-13-6-5-7-14(18)10-13/h5-10,12H,4,11,18H2,1-3H3. The predicted octanol–water partition coefficient (Wildman–Crippen LogP) is 3.48. The van der Waals surface area contributed by atoms with Gasteiger partial charge < -0.3 is 15.1 Å². The summed E-state index contributed by atoms with van der Waals surface area (Å²) in [6.07, 6.45) is 2.28. The zero-order valence-electron chi connectivity index (χ0n) is 12.8. The molecule has 0 bridgehead atoms. The minimum Gasteiger partial charge on any atom is -0.469 e. The molecule has 0 saturated heterocycles. The molecule has 0 aliphatic heterocycles. The minimum atomic E-state index is -0.00183. The lowest BCUT2D eigenvalue weighted by Crippen LogP contribution is -2.36. The summed E-state index contributed by atoms with van der Waals surface area (Å²) in [6.45, 7) is 6.54. The highest BCUT2D eigenvalue weighted by molar-refractivity contribution is 5.95. The lowest BCUT2D eigenvalue weighted by atomic mass is 10.1. The summed E-state index contributed by atoms with van der Waals surface area (Å²) >= 11 is 0. The maximum Gasteiger partial charge on any atom is 0.257 e. The van der Waals surface area contributed by atoms with Crippen LogP contribution in [0, 0.1) is 0 Å². The smallest absolute Gasteiger partial charge is 0.257 e. The molecular formula is C17H22N2O2. The molecule has 0 aliphatic rings. The van der Waals surface area contributed by atoms with Crippen LogP contribution >= 0.6 is 0 Å². The molecule has 0 spiro atoms. The molecule has 0 atom stereocenters. The number of nitrogens with zero attached hydrogens (tertiary/aromatic N) is 1. The van der Waals surface area contributed by atoms with Crippen molar-refractivity contribution in [3.63, 3.8) is 0 Å². The van der Waals surface area contributed by atoms with E-state index in [0.717, 1.165) is 11.3 Å². The topological polar surface area (TPSA) is 59.5 Å². The Morgan fingerprint density at radius 1 is 1.33 bits per heavy atom. The van der Waals surface area contributed by atoms with E-state index in [4.69, 9.17) is 10.2 Å². The van der Waals surface area contributed by atoms with Crippen LogP contribution < -0.4 is 5.73 Å². The van der Waals surface area contributed by atoms with Gasteiger partial charge in [0.25, 0.3) is 5.91 Å². The van der Waals surface area contributed by atoms with Gasteiger partial charge in [0.15, 0.2) is 0 Å². The van der Waals surface area contributed by atoms with Gasteiger partial charge in [0.1, 0.15) is 5.76 Å². The second kappa shape index (κ2) is 6.48. The Hall–Kier alpha value is -2.23. The van der Waals surface area contributed by atoms with Crippen LogP contribution in [0.3, 0.4) is 0 Å². The largest absolute Gasteiger partial charge is 0.469 e. The van der Waals surface area contributed by atoms with Crippen molar-refractivity contribution in [2.24, 2.45) is 0 Å². The number of amides is 1. The second-order valence-electron chi connectivity index (χ2n) is 5.38. The van der Waals surface area contributed by atoms with Gasteiger partial charge in [-0.2, -0.15) is 0 Å². The maximum absolute atomic E-state index is 12.8. The summed E-state index contributed by atoms with van der Waals surface area (Å²) in [4.78, 5) is 14.6. The first-order chi connectivity index (χ1) is 10.0. The number of benzene rings is 1. The van der Waals surface area contributed by atoms with E-state index in [-0.39, 0.29) is 11.9 Å². The van der Waals surface area contributed by atoms with Crippen LogP contribution in [-0.4, -0.2) is 16.8 Å². The van der Waals surface area contributed by atoms with Crippen LogP contribution in [0.2, 0.25) is 0 Å². The van der Waals surface area contributed by atoms with Crippen LogP contribution in [0.5, 0.6) is 0 Å². The maximum atomic E-state index is 12.8. The first-order valence-corrected chi connectivity index (χ1v) is 7.24. The molecule has 4 nitrogen and oxygen atoms in total. The van der Waals surface area contributed by atoms with Crippen LogP contribution in [-0.2, 0) is 13.0 Å². The van der Waals surface area contributed by atoms with Crippen molar-refractivity contribution in [2.45, 2.75) is 39.8 Å². The molecule has 0 radical (unpaired) electrons. The van der Waals surface area contributed by atoms with Crippen molar-refractivity contribution in [3.05, 3.63) is 53.5 Å². The molecule has 0 fully saturated rings. The Labute approximate surface area is 125 Å². The van der Waals surface area contributed by atoms with Crippen molar-refractivity contribution >= 4 is 11.6 Å². The summed E-state index contributed by atoms with van der Waals surface area (Å²) < 4.78 is 5.37. The van der Waals surface area contributed by atoms with Gasteiger partial charge in [-0.3, -0.25) is 4.79 Å². The van der Waals surface area contributed by atoms with Crippen molar-refractivity contribution < 1.29 is 9.21 Å². The molecule has 1 aromatic heterocycles. The van der Waals surface area contributed by atoms with Crippen LogP contribution in [0.1, 0.15) is 42.5 Å². The van der Waals surface area contributed by atoms with E-state index in [1.165, 1.54) is 0 Å². The SMILES string of the molecule is CCc1occc1C(=O)N(Cc1cccc(N)c1)C(C)C. The van der Waals surface area contributed by atoms with Gasteiger partial charge in [-0.1, -0.05) is 19.1 Å². The van der Waals surface area contributed by atoms with Gasteiger partial charge in [0.2, 0.25) is 0 Å². The third kappa shape index (κ3) is 3.45. The molecule has 2 rings (SSSR count). The number of carbonyl (C=O) groups excluding carboxylic acids is 1. The fourth-order valence-corrected chi connectivity index (χ4v) is 2.34. The summed E-state index contributed by atoms with van der Waals surface area (Å²) in [6, 6.07) is 9.47. The number of furan rings is 1. The molecular weight excluding hydrogens is 264 g/mol. The lowest BCUT2D eigenvalue weighted by Gasteiger charge is -2.27. The van der Waals surface area contributed by atoms with Gasteiger partial charge >= 0.3 is 0 Å². The number of anilines is 1. The van der Waals surface area contributed by atoms with Gasteiger partial charge in [-0.15, -0.1) is 0 Å². The van der Waals surface area contributed by atoms with Crippen molar-refractivity contribution in [3.8, 4) is 0 Å². The highest BCUT2D eigenvalue weighted by atomic mass is 16.3. The van der Waals surface area contributed by atoms with Gasteiger partial charge in [0, 0.05) is 24.7 Å². The second-order valence-corrected chi connectivity index (χ2v) is 5.38. The first-order valence-electron chi connectivity index (χ1n) is 7.24. The van der Waals surface area contributed by atoms with Gasteiger partial charge in [-0.05, 0) is 37.6 Å². The molecule has 0 unspecified atom stereocenters. The summed E-state index contributed by atoms with van der Waals surface area (Å²) in [5.74, 6) is 0.733. The summed E-state index contributed by atoms with van der Waals surface area (Å²) in [5, 5.41) is 0. The van der Waals surface area contributed by atoms with Crippen LogP contribution in [0.15, 0.2) is 41.0 Å². The lowest BCUT2D eigenvalue weighted by molar-refractivity contribution is 0.0688. The van der Waals surface area contributed by atoms with E-state index >= 15 is 0 Å². The Morgan fingerprint density at radius 2 is 2.10 bits per heavy atom. The predicted molar refractivity (Wildman–Crippen MR) is 83.9 cm³/mol. The molecule has 2 aromatic rings. The number of hydrogen-bond acceptors (Lipinski definition) is 3. The number of carbonyl (C=O) groups is 1. The van der Waals surface area contributed by atoms with Crippen molar-refractivity contribution in [2.75, 3.05) is 5.73 Å². The summed E-state index contributed by atoms with van der Waals surface area (Å²) in [7, 11) is 0. The van der Waals surface area contributed by atoms with Crippen molar-refractivity contribution in [1.29, 1.82) is 0 Å². The van der Waals surface area contributed by atoms with Crippen LogP contribution in [0.25, 0.3) is 0 Å². The van der Waals surface area contributed by atoms with E-state index in [0.29, 0.717) is 24.2 Å². The number of hydrogen-bond donors (Lipinski definition) is 1. The fourth-order valence-electron chi connectivity index (χ4n) is 2.34. The molecule has 1 aromatic carbocycles. The Balaban J connectivity index is 2.25. The number of aryl methyl sites for hydroxylation is 1. The zero-order valence-corrected chi connectivity index (χ0v) is 12.8. The van der Waals surface area contributed by atoms with Crippen LogP contribution in [0.4, 0.5) is 5.69 Å². The van der Waals surface area contributed by atoms with E-state index in [1.54, 1.807) is 12.3 Å². The highest BCUT2D eigenvalue weighted by Crippen LogP contribution is 2.18. The monoisotopic (exact) mass is 286 g/mol. The Morgan fingerprint density at radius 3 is 2.71 bits per heavy atom. The molecule has 21 heavy (non-hydrogen) atoms. The zero-order chi connectivity index (χ0) is 15.4. The van der Waals surface area contributed by atoms with Gasteiger partial charge in [-0.25, -0.2) is 0 Å². The molecule has 112 valence electrons. The Kier molecular flexibility index (Phi) is 4.68. The fraction of sp³-hybridized carbons (Fsp3) is 0.353. The average molecular weight is 286 g/mol. The number of rotatable bonds is 5. The molecule has 1 amide bonds.